The van der Waals surface area contributed by atoms with E-state index in [2.05, 4.69) is 0 Å². The molecule has 0 aliphatic heterocycles. The lowest BCUT2D eigenvalue weighted by Crippen LogP contribution is -2.30. The Morgan fingerprint density at radius 2 is 1.18 bits per heavy atom. The van der Waals surface area contributed by atoms with E-state index in [1.54, 1.807) is 86.9 Å². The van der Waals surface area contributed by atoms with Crippen LogP contribution >= 0.6 is 11.6 Å². The second-order valence-corrected chi connectivity index (χ2v) is 8.71. The molecule has 0 saturated carbocycles. The van der Waals surface area contributed by atoms with Crippen LogP contribution in [0.15, 0.2) is 82.4 Å². The minimum absolute atomic E-state index is 0.00820. The van der Waals surface area contributed by atoms with Gasteiger partial charge in [0.25, 0.3) is 11.1 Å². The van der Waals surface area contributed by atoms with Gasteiger partial charge >= 0.3 is 0 Å². The van der Waals surface area contributed by atoms with Gasteiger partial charge in [0.1, 0.15) is 11.5 Å². The molecule has 0 saturated heterocycles. The molecular weight excluding hydrogens is 452 g/mol. The van der Waals surface area contributed by atoms with Gasteiger partial charge in [-0.15, -0.1) is 0 Å². The lowest BCUT2D eigenvalue weighted by molar-refractivity contribution is 0.460. The van der Waals surface area contributed by atoms with Gasteiger partial charge in [0.05, 0.1) is 28.1 Å². The van der Waals surface area contributed by atoms with Crippen LogP contribution in [-0.4, -0.2) is 19.3 Å². The highest BCUT2D eigenvalue weighted by molar-refractivity contribution is 6.30. The van der Waals surface area contributed by atoms with Gasteiger partial charge in [0, 0.05) is 29.9 Å². The summed E-state index contributed by atoms with van der Waals surface area (Å²) in [5.41, 5.74) is 0.630. The van der Waals surface area contributed by atoms with Crippen molar-refractivity contribution in [1.29, 1.82) is 0 Å². The predicted octanol–water partition coefficient (Wildman–Crippen LogP) is 4.64. The largest absolute Gasteiger partial charge is 0.507 e. The number of aromatic hydroxyl groups is 2. The number of fused-ring (bicyclic) bond motifs is 2. The van der Waals surface area contributed by atoms with Gasteiger partial charge in [-0.2, -0.15) is 0 Å². The number of pyridine rings is 2. The number of aryl methyl sites for hydroxylation is 2. The maximum absolute atomic E-state index is 13.6. The van der Waals surface area contributed by atoms with Crippen molar-refractivity contribution in [2.75, 3.05) is 0 Å². The molecular formula is C27H21ClN2O4. The number of rotatable bonds is 3. The van der Waals surface area contributed by atoms with Crippen molar-refractivity contribution in [3.05, 3.63) is 115 Å². The molecule has 3 aromatic carbocycles. The lowest BCUT2D eigenvalue weighted by Gasteiger charge is -2.23. The first-order valence-corrected chi connectivity index (χ1v) is 11.1. The topological polar surface area (TPSA) is 84.5 Å². The standard InChI is InChI=1S/C27H21ClN2O4/c1-29-19-12-5-3-10-17(19)24(31)22(26(29)33)21(15-8-7-9-16(28)14-15)23-25(32)18-11-4-6-13-20(18)30(2)27(23)34/h3-14,21,31-32H,1-2H3. The zero-order chi connectivity index (χ0) is 24.1. The number of benzene rings is 3. The highest BCUT2D eigenvalue weighted by Crippen LogP contribution is 2.42. The van der Waals surface area contributed by atoms with Crippen LogP contribution in [0.1, 0.15) is 22.6 Å². The van der Waals surface area contributed by atoms with Crippen molar-refractivity contribution >= 4 is 33.4 Å². The zero-order valence-corrected chi connectivity index (χ0v) is 19.2. The molecule has 0 bridgehead atoms. The summed E-state index contributed by atoms with van der Waals surface area (Å²) in [5.74, 6) is -1.54. The van der Waals surface area contributed by atoms with E-state index in [-0.39, 0.29) is 22.6 Å². The van der Waals surface area contributed by atoms with E-state index in [4.69, 9.17) is 11.6 Å². The molecule has 34 heavy (non-hydrogen) atoms. The number of halogens is 1. The molecule has 2 N–H and O–H groups in total. The second kappa shape index (κ2) is 8.08. The summed E-state index contributed by atoms with van der Waals surface area (Å²) in [5, 5.41) is 24.0. The van der Waals surface area contributed by atoms with Crippen molar-refractivity contribution < 1.29 is 10.2 Å². The van der Waals surface area contributed by atoms with Crippen LogP contribution in [0.5, 0.6) is 11.5 Å². The number of para-hydroxylation sites is 2. The van der Waals surface area contributed by atoms with Gasteiger partial charge in [-0.1, -0.05) is 48.0 Å². The Kier molecular flexibility index (Phi) is 5.18. The second-order valence-electron chi connectivity index (χ2n) is 8.28. The first-order chi connectivity index (χ1) is 16.3. The molecule has 0 aliphatic rings. The van der Waals surface area contributed by atoms with E-state index in [0.717, 1.165) is 0 Å². The zero-order valence-electron chi connectivity index (χ0n) is 18.5. The Balaban J connectivity index is 1.98. The van der Waals surface area contributed by atoms with E-state index in [1.165, 1.54) is 9.13 Å². The highest BCUT2D eigenvalue weighted by atomic mass is 35.5. The summed E-state index contributed by atoms with van der Waals surface area (Å²) in [6.07, 6.45) is 0. The van der Waals surface area contributed by atoms with Crippen LogP contribution < -0.4 is 11.1 Å². The summed E-state index contributed by atoms with van der Waals surface area (Å²) in [7, 11) is 3.22. The van der Waals surface area contributed by atoms with Crippen LogP contribution in [0.2, 0.25) is 5.02 Å². The highest BCUT2D eigenvalue weighted by Gasteiger charge is 2.32. The third-order valence-electron chi connectivity index (χ3n) is 6.38. The van der Waals surface area contributed by atoms with Crippen molar-refractivity contribution in [3.63, 3.8) is 0 Å². The first kappa shape index (κ1) is 21.8. The van der Waals surface area contributed by atoms with Gasteiger partial charge in [-0.25, -0.2) is 0 Å². The van der Waals surface area contributed by atoms with Gasteiger partial charge < -0.3 is 19.3 Å². The van der Waals surface area contributed by atoms with Crippen LogP contribution in [0.25, 0.3) is 21.8 Å². The third-order valence-corrected chi connectivity index (χ3v) is 6.62. The minimum Gasteiger partial charge on any atom is -0.507 e. The van der Waals surface area contributed by atoms with Gasteiger partial charge in [0.15, 0.2) is 0 Å². The van der Waals surface area contributed by atoms with Crippen LogP contribution in [0.3, 0.4) is 0 Å². The molecule has 2 heterocycles. The van der Waals surface area contributed by atoms with Crippen LogP contribution in [0, 0.1) is 0 Å². The smallest absolute Gasteiger partial charge is 0.258 e. The van der Waals surface area contributed by atoms with E-state index < -0.39 is 17.0 Å². The molecule has 0 unspecified atom stereocenters. The average Bonchev–Trinajstić information content (AvgIpc) is 2.85. The van der Waals surface area contributed by atoms with E-state index in [1.807, 2.05) is 0 Å². The summed E-state index contributed by atoms with van der Waals surface area (Å²) in [6.45, 7) is 0. The van der Waals surface area contributed by atoms with E-state index >= 15 is 0 Å². The molecule has 0 aliphatic carbocycles. The molecule has 7 heteroatoms. The number of hydrogen-bond acceptors (Lipinski definition) is 4. The van der Waals surface area contributed by atoms with Crippen molar-refractivity contribution in [1.82, 2.24) is 9.13 Å². The van der Waals surface area contributed by atoms with E-state index in [0.29, 0.717) is 32.4 Å². The Morgan fingerprint density at radius 1 is 0.706 bits per heavy atom. The fraction of sp³-hybridized carbons (Fsp3) is 0.111. The number of aromatic nitrogens is 2. The lowest BCUT2D eigenvalue weighted by atomic mass is 9.84. The molecule has 170 valence electrons. The van der Waals surface area contributed by atoms with Crippen molar-refractivity contribution in [2.45, 2.75) is 5.92 Å². The molecule has 0 fully saturated rings. The van der Waals surface area contributed by atoms with Crippen LogP contribution in [0.4, 0.5) is 0 Å². The summed E-state index contributed by atoms with van der Waals surface area (Å²) >= 11 is 6.28. The summed E-state index contributed by atoms with van der Waals surface area (Å²) in [4.78, 5) is 27.3. The Labute approximate surface area is 199 Å². The van der Waals surface area contributed by atoms with E-state index in [9.17, 15) is 19.8 Å². The fourth-order valence-corrected chi connectivity index (χ4v) is 4.89. The van der Waals surface area contributed by atoms with Crippen molar-refractivity contribution in [2.24, 2.45) is 14.1 Å². The molecule has 0 atom stereocenters. The maximum Gasteiger partial charge on any atom is 0.258 e. The quantitative estimate of drug-likeness (QED) is 0.401. The Hall–Kier alpha value is -4.03. The van der Waals surface area contributed by atoms with Crippen molar-refractivity contribution in [3.8, 4) is 11.5 Å². The molecule has 2 aromatic heterocycles. The van der Waals surface area contributed by atoms with Gasteiger partial charge in [-0.3, -0.25) is 9.59 Å². The molecule has 5 aromatic rings. The molecule has 0 radical (unpaired) electrons. The molecule has 6 nitrogen and oxygen atoms in total. The first-order valence-electron chi connectivity index (χ1n) is 10.7. The summed E-state index contributed by atoms with van der Waals surface area (Å²) < 4.78 is 2.87. The predicted molar refractivity (Wildman–Crippen MR) is 134 cm³/mol. The Morgan fingerprint density at radius 3 is 1.65 bits per heavy atom. The average molecular weight is 473 g/mol. The molecule has 0 amide bonds. The number of nitrogens with zero attached hydrogens (tertiary/aromatic N) is 2. The third kappa shape index (κ3) is 3.18. The molecule has 5 rings (SSSR count). The molecule has 0 spiro atoms. The fourth-order valence-electron chi connectivity index (χ4n) is 4.69. The summed E-state index contributed by atoms with van der Waals surface area (Å²) in [6, 6.07) is 20.7. The maximum atomic E-state index is 13.6. The van der Waals surface area contributed by atoms with Gasteiger partial charge in [-0.05, 0) is 42.0 Å². The SMILES string of the molecule is Cn1c(=O)c(C(c2cccc(Cl)c2)c2c(O)c3ccccc3n(C)c2=O)c(O)c2ccccc21. The number of hydrogen-bond donors (Lipinski definition) is 2. The van der Waals surface area contributed by atoms with Gasteiger partial charge in [0.2, 0.25) is 0 Å². The van der Waals surface area contributed by atoms with Crippen LogP contribution in [-0.2, 0) is 14.1 Å². The minimum atomic E-state index is -1.06. The Bertz CT molecular complexity index is 1610. The normalized spacial score (nSPS) is 11.5. The monoisotopic (exact) mass is 472 g/mol.